The molecule has 1 aromatic heterocycles. The lowest BCUT2D eigenvalue weighted by Gasteiger charge is -2.32. The van der Waals surface area contributed by atoms with E-state index < -0.39 is 0 Å². The van der Waals surface area contributed by atoms with E-state index in [2.05, 4.69) is 15.6 Å². The second kappa shape index (κ2) is 8.92. The van der Waals surface area contributed by atoms with Crippen LogP contribution in [0.1, 0.15) is 28.3 Å². The first-order chi connectivity index (χ1) is 13.0. The Morgan fingerprint density at radius 2 is 1.96 bits per heavy atom. The quantitative estimate of drug-likeness (QED) is 0.727. The van der Waals surface area contributed by atoms with Gasteiger partial charge in [0.2, 0.25) is 0 Å². The lowest BCUT2D eigenvalue weighted by atomic mass is 10.0. The SMILES string of the molecule is NCCc1nc(C(=O)N2CCC(NC(=O)Nc3ccc(F)cc3)CC2)cs1. The van der Waals surface area contributed by atoms with Crippen molar-refractivity contribution in [1.82, 2.24) is 15.2 Å². The van der Waals surface area contributed by atoms with Crippen molar-refractivity contribution in [2.75, 3.05) is 25.0 Å². The van der Waals surface area contributed by atoms with Crippen LogP contribution in [0.5, 0.6) is 0 Å². The molecular formula is C18H22FN5O2S. The molecule has 0 radical (unpaired) electrons. The van der Waals surface area contributed by atoms with Crippen molar-refractivity contribution in [2.24, 2.45) is 5.73 Å². The molecule has 3 amide bonds. The first-order valence-electron chi connectivity index (χ1n) is 8.82. The van der Waals surface area contributed by atoms with E-state index in [1.165, 1.54) is 35.6 Å². The van der Waals surface area contributed by atoms with Gasteiger partial charge in [0.1, 0.15) is 11.5 Å². The third-order valence-electron chi connectivity index (χ3n) is 4.35. The van der Waals surface area contributed by atoms with Gasteiger partial charge in [-0.05, 0) is 43.7 Å². The predicted molar refractivity (Wildman–Crippen MR) is 102 cm³/mol. The molecule has 1 aliphatic rings. The van der Waals surface area contributed by atoms with Gasteiger partial charge in [0.25, 0.3) is 5.91 Å². The van der Waals surface area contributed by atoms with Gasteiger partial charge in [-0.25, -0.2) is 14.2 Å². The molecule has 0 atom stereocenters. The minimum Gasteiger partial charge on any atom is -0.337 e. The highest BCUT2D eigenvalue weighted by Gasteiger charge is 2.25. The van der Waals surface area contributed by atoms with E-state index in [0.717, 1.165) is 5.01 Å². The van der Waals surface area contributed by atoms with Crippen molar-refractivity contribution in [1.29, 1.82) is 0 Å². The Labute approximate surface area is 160 Å². The molecule has 0 aliphatic carbocycles. The fourth-order valence-electron chi connectivity index (χ4n) is 2.92. The first kappa shape index (κ1) is 19.2. The molecule has 27 heavy (non-hydrogen) atoms. The molecule has 9 heteroatoms. The maximum atomic E-state index is 12.9. The Morgan fingerprint density at radius 1 is 1.26 bits per heavy atom. The van der Waals surface area contributed by atoms with Crippen molar-refractivity contribution in [3.05, 3.63) is 46.2 Å². The van der Waals surface area contributed by atoms with Gasteiger partial charge in [0, 0.05) is 36.6 Å². The largest absolute Gasteiger partial charge is 0.337 e. The number of hydrogen-bond donors (Lipinski definition) is 3. The number of anilines is 1. The summed E-state index contributed by atoms with van der Waals surface area (Å²) in [5.74, 6) is -0.433. The number of piperidine rings is 1. The second-order valence-corrected chi connectivity index (χ2v) is 7.28. The van der Waals surface area contributed by atoms with Crippen LogP contribution in [0.25, 0.3) is 0 Å². The molecule has 0 spiro atoms. The van der Waals surface area contributed by atoms with Crippen LogP contribution >= 0.6 is 11.3 Å². The van der Waals surface area contributed by atoms with Crippen LogP contribution in [-0.2, 0) is 6.42 Å². The molecule has 144 valence electrons. The van der Waals surface area contributed by atoms with Gasteiger partial charge in [0.15, 0.2) is 0 Å². The van der Waals surface area contributed by atoms with Crippen LogP contribution < -0.4 is 16.4 Å². The highest BCUT2D eigenvalue weighted by molar-refractivity contribution is 7.09. The topological polar surface area (TPSA) is 100 Å². The number of nitrogens with one attached hydrogen (secondary N) is 2. The minimum atomic E-state index is -0.353. The summed E-state index contributed by atoms with van der Waals surface area (Å²) in [6.45, 7) is 1.63. The molecule has 0 unspecified atom stereocenters. The smallest absolute Gasteiger partial charge is 0.319 e. The van der Waals surface area contributed by atoms with E-state index >= 15 is 0 Å². The van der Waals surface area contributed by atoms with Gasteiger partial charge >= 0.3 is 6.03 Å². The van der Waals surface area contributed by atoms with Crippen LogP contribution in [0.15, 0.2) is 29.6 Å². The zero-order valence-corrected chi connectivity index (χ0v) is 15.6. The Hall–Kier alpha value is -2.52. The average Bonchev–Trinajstić information content (AvgIpc) is 3.13. The number of halogens is 1. The highest BCUT2D eigenvalue weighted by atomic mass is 32.1. The number of likely N-dealkylation sites (tertiary alicyclic amines) is 1. The summed E-state index contributed by atoms with van der Waals surface area (Å²) < 4.78 is 12.9. The molecule has 0 saturated carbocycles. The number of benzene rings is 1. The number of thiazole rings is 1. The molecule has 2 aromatic rings. The van der Waals surface area contributed by atoms with Gasteiger partial charge in [-0.3, -0.25) is 4.79 Å². The van der Waals surface area contributed by atoms with E-state index in [1.807, 2.05) is 0 Å². The summed E-state index contributed by atoms with van der Waals surface area (Å²) >= 11 is 1.45. The molecule has 3 rings (SSSR count). The van der Waals surface area contributed by atoms with E-state index in [0.29, 0.717) is 50.3 Å². The third kappa shape index (κ3) is 5.24. The van der Waals surface area contributed by atoms with Crippen molar-refractivity contribution in [3.8, 4) is 0 Å². The molecule has 7 nitrogen and oxygen atoms in total. The van der Waals surface area contributed by atoms with Crippen LogP contribution in [0.4, 0.5) is 14.9 Å². The molecule has 1 saturated heterocycles. The molecule has 1 aromatic carbocycles. The number of rotatable bonds is 5. The van der Waals surface area contributed by atoms with Gasteiger partial charge in [-0.15, -0.1) is 11.3 Å². The monoisotopic (exact) mass is 391 g/mol. The lowest BCUT2D eigenvalue weighted by Crippen LogP contribution is -2.47. The molecule has 1 aliphatic heterocycles. The normalized spacial score (nSPS) is 14.8. The summed E-state index contributed by atoms with van der Waals surface area (Å²) in [5.41, 5.74) is 6.50. The maximum Gasteiger partial charge on any atom is 0.319 e. The number of amides is 3. The van der Waals surface area contributed by atoms with Crippen molar-refractivity contribution >= 4 is 29.0 Å². The number of nitrogens with zero attached hydrogens (tertiary/aromatic N) is 2. The summed E-state index contributed by atoms with van der Waals surface area (Å²) in [6, 6.07) is 5.23. The maximum absolute atomic E-state index is 12.9. The molecular weight excluding hydrogens is 369 g/mol. The average molecular weight is 391 g/mol. The summed E-state index contributed by atoms with van der Waals surface area (Å²) in [5, 5.41) is 8.21. The number of nitrogens with two attached hydrogens (primary N) is 1. The highest BCUT2D eigenvalue weighted by Crippen LogP contribution is 2.17. The molecule has 2 heterocycles. The van der Waals surface area contributed by atoms with Crippen LogP contribution in [0.3, 0.4) is 0 Å². The second-order valence-electron chi connectivity index (χ2n) is 6.34. The van der Waals surface area contributed by atoms with E-state index in [4.69, 9.17) is 5.73 Å². The minimum absolute atomic E-state index is 0.0160. The zero-order valence-electron chi connectivity index (χ0n) is 14.8. The number of hydrogen-bond acceptors (Lipinski definition) is 5. The van der Waals surface area contributed by atoms with Crippen LogP contribution in [-0.4, -0.2) is 47.5 Å². The standard InChI is InChI=1S/C18H22FN5O2S/c19-12-1-3-13(4-2-12)21-18(26)22-14-6-9-24(10-7-14)17(25)15-11-27-16(23-15)5-8-20/h1-4,11,14H,5-10,20H2,(H2,21,22,26). The van der Waals surface area contributed by atoms with E-state index in [1.54, 1.807) is 10.3 Å². The third-order valence-corrected chi connectivity index (χ3v) is 5.26. The van der Waals surface area contributed by atoms with Gasteiger partial charge in [-0.2, -0.15) is 0 Å². The summed E-state index contributed by atoms with van der Waals surface area (Å²) in [4.78, 5) is 30.7. The number of carbonyl (C=O) groups excluding carboxylic acids is 2. The molecule has 1 fully saturated rings. The Bertz CT molecular complexity index is 787. The van der Waals surface area contributed by atoms with Crippen molar-refractivity contribution in [2.45, 2.75) is 25.3 Å². The van der Waals surface area contributed by atoms with E-state index in [9.17, 15) is 14.0 Å². The number of carbonyl (C=O) groups is 2. The fourth-order valence-corrected chi connectivity index (χ4v) is 3.71. The first-order valence-corrected chi connectivity index (χ1v) is 9.70. The Balaban J connectivity index is 1.45. The van der Waals surface area contributed by atoms with E-state index in [-0.39, 0.29) is 23.8 Å². The predicted octanol–water partition coefficient (Wildman–Crippen LogP) is 2.21. The fraction of sp³-hybridized carbons (Fsp3) is 0.389. The molecule has 4 N–H and O–H groups in total. The zero-order chi connectivity index (χ0) is 19.2. The summed E-state index contributed by atoms with van der Waals surface area (Å²) in [7, 11) is 0. The van der Waals surface area contributed by atoms with Gasteiger partial charge in [0.05, 0.1) is 5.01 Å². The van der Waals surface area contributed by atoms with Crippen molar-refractivity contribution < 1.29 is 14.0 Å². The van der Waals surface area contributed by atoms with Crippen molar-refractivity contribution in [3.63, 3.8) is 0 Å². The van der Waals surface area contributed by atoms with Gasteiger partial charge in [-0.1, -0.05) is 0 Å². The lowest BCUT2D eigenvalue weighted by molar-refractivity contribution is 0.0703. The van der Waals surface area contributed by atoms with Crippen LogP contribution in [0, 0.1) is 5.82 Å². The Morgan fingerprint density at radius 3 is 2.63 bits per heavy atom. The number of urea groups is 1. The molecule has 0 bridgehead atoms. The van der Waals surface area contributed by atoms with Crippen LogP contribution in [0.2, 0.25) is 0 Å². The number of aromatic nitrogens is 1. The summed E-state index contributed by atoms with van der Waals surface area (Å²) in [6.07, 6.45) is 2.01. The van der Waals surface area contributed by atoms with Gasteiger partial charge < -0.3 is 21.3 Å². The Kier molecular flexibility index (Phi) is 6.36.